The number of ether oxygens (including phenoxy) is 2. The van der Waals surface area contributed by atoms with Crippen molar-refractivity contribution in [2.45, 2.75) is 46.6 Å². The van der Waals surface area contributed by atoms with E-state index in [2.05, 4.69) is 38.7 Å². The van der Waals surface area contributed by atoms with E-state index in [9.17, 15) is 9.59 Å². The van der Waals surface area contributed by atoms with Gasteiger partial charge in [-0.25, -0.2) is 5.43 Å². The molecule has 35 heavy (non-hydrogen) atoms. The van der Waals surface area contributed by atoms with Crippen LogP contribution in [-0.4, -0.2) is 37.3 Å². The summed E-state index contributed by atoms with van der Waals surface area (Å²) >= 11 is 15.5. The Hall–Kier alpha value is -2.29. The fourth-order valence-corrected chi connectivity index (χ4v) is 4.12. The minimum Gasteiger partial charge on any atom is -0.490 e. The van der Waals surface area contributed by atoms with E-state index in [1.165, 1.54) is 18.3 Å². The Balaban J connectivity index is 2.11. The van der Waals surface area contributed by atoms with Crippen LogP contribution in [0.5, 0.6) is 11.5 Å². The molecule has 0 saturated heterocycles. The number of rotatable bonds is 12. The lowest BCUT2D eigenvalue weighted by molar-refractivity contribution is -0.123. The number of halogens is 3. The summed E-state index contributed by atoms with van der Waals surface area (Å²) in [5, 5.41) is 7.39. The summed E-state index contributed by atoms with van der Waals surface area (Å²) in [5.41, 5.74) is 3.42. The second-order valence-corrected chi connectivity index (χ2v) is 9.72. The van der Waals surface area contributed by atoms with Crippen LogP contribution in [0.3, 0.4) is 0 Å². The highest BCUT2D eigenvalue weighted by molar-refractivity contribution is 9.10. The van der Waals surface area contributed by atoms with Gasteiger partial charge in [0.2, 0.25) is 0 Å². The molecule has 1 unspecified atom stereocenters. The first-order chi connectivity index (χ1) is 16.7. The molecule has 0 spiro atoms. The number of hydrogen-bond donors (Lipinski definition) is 2. The van der Waals surface area contributed by atoms with Crippen LogP contribution in [0.15, 0.2) is 39.9 Å². The predicted octanol–water partition coefficient (Wildman–Crippen LogP) is 6.24. The van der Waals surface area contributed by atoms with E-state index in [-0.39, 0.29) is 16.5 Å². The Labute approximate surface area is 224 Å². The molecule has 1 atom stereocenters. The molecule has 2 amide bonds. The average molecular weight is 587 g/mol. The third-order valence-electron chi connectivity index (χ3n) is 4.88. The van der Waals surface area contributed by atoms with Gasteiger partial charge in [-0.1, -0.05) is 50.4 Å². The highest BCUT2D eigenvalue weighted by Crippen LogP contribution is 2.36. The minimum absolute atomic E-state index is 0.196. The molecule has 2 rings (SSSR count). The zero-order valence-corrected chi connectivity index (χ0v) is 23.3. The molecule has 0 saturated carbocycles. The number of benzene rings is 2. The Morgan fingerprint density at radius 2 is 1.89 bits per heavy atom. The number of nitrogens with zero attached hydrogens (tertiary/aromatic N) is 1. The summed E-state index contributed by atoms with van der Waals surface area (Å²) in [6, 6.07) is 7.33. The van der Waals surface area contributed by atoms with Crippen molar-refractivity contribution in [3.63, 3.8) is 0 Å². The van der Waals surface area contributed by atoms with Crippen LogP contribution < -0.4 is 20.2 Å². The Morgan fingerprint density at radius 3 is 2.51 bits per heavy atom. The van der Waals surface area contributed by atoms with Crippen molar-refractivity contribution in [2.75, 3.05) is 13.2 Å². The fraction of sp³-hybridized carbons (Fsp3) is 0.400. The van der Waals surface area contributed by atoms with Gasteiger partial charge in [0.25, 0.3) is 11.8 Å². The molecule has 0 aliphatic heterocycles. The number of hydrazone groups is 1. The third kappa shape index (κ3) is 8.70. The molecule has 2 N–H and O–H groups in total. The Kier molecular flexibility index (Phi) is 11.8. The van der Waals surface area contributed by atoms with E-state index in [1.807, 2.05) is 26.8 Å². The normalized spacial score (nSPS) is 12.0. The molecular formula is C25H30BrCl2N3O4. The van der Waals surface area contributed by atoms with Crippen molar-refractivity contribution in [3.05, 3.63) is 56.0 Å². The van der Waals surface area contributed by atoms with Crippen LogP contribution in [0.2, 0.25) is 10.0 Å². The van der Waals surface area contributed by atoms with Crippen LogP contribution >= 0.6 is 39.1 Å². The molecule has 0 heterocycles. The highest BCUT2D eigenvalue weighted by Gasteiger charge is 2.25. The van der Waals surface area contributed by atoms with Crippen LogP contribution in [0.4, 0.5) is 0 Å². The maximum Gasteiger partial charge on any atom is 0.262 e. The lowest BCUT2D eigenvalue weighted by atomic mass is 10.0. The van der Waals surface area contributed by atoms with E-state index in [0.29, 0.717) is 35.3 Å². The molecule has 2 aromatic carbocycles. The van der Waals surface area contributed by atoms with Crippen molar-refractivity contribution >= 4 is 57.2 Å². The van der Waals surface area contributed by atoms with Gasteiger partial charge in [0, 0.05) is 5.02 Å². The van der Waals surface area contributed by atoms with Gasteiger partial charge in [-0.2, -0.15) is 5.10 Å². The van der Waals surface area contributed by atoms with Gasteiger partial charge in [0.15, 0.2) is 11.5 Å². The molecule has 0 radical (unpaired) electrons. The average Bonchev–Trinajstić information content (AvgIpc) is 2.79. The Morgan fingerprint density at radius 1 is 1.14 bits per heavy atom. The Bertz CT molecular complexity index is 1060. The van der Waals surface area contributed by atoms with E-state index in [4.69, 9.17) is 32.7 Å². The molecule has 7 nitrogen and oxygen atoms in total. The van der Waals surface area contributed by atoms with E-state index in [0.717, 1.165) is 17.3 Å². The van der Waals surface area contributed by atoms with Crippen molar-refractivity contribution in [3.8, 4) is 11.5 Å². The van der Waals surface area contributed by atoms with Gasteiger partial charge in [0.05, 0.1) is 34.5 Å². The summed E-state index contributed by atoms with van der Waals surface area (Å²) in [5.74, 6) is 0.0769. The van der Waals surface area contributed by atoms with Gasteiger partial charge < -0.3 is 14.8 Å². The van der Waals surface area contributed by atoms with Gasteiger partial charge in [0.1, 0.15) is 6.04 Å². The topological polar surface area (TPSA) is 89.0 Å². The second-order valence-electron chi connectivity index (χ2n) is 8.02. The first-order valence-electron chi connectivity index (χ1n) is 11.4. The molecule has 0 aliphatic carbocycles. The highest BCUT2D eigenvalue weighted by atomic mass is 79.9. The third-order valence-corrected chi connectivity index (χ3v) is 6.01. The number of hydrogen-bond acceptors (Lipinski definition) is 5. The molecule has 0 fully saturated rings. The number of carbonyl (C=O) groups excluding carboxylic acids is 2. The second kappa shape index (κ2) is 14.3. The van der Waals surface area contributed by atoms with Crippen molar-refractivity contribution in [1.82, 2.24) is 10.7 Å². The first kappa shape index (κ1) is 28.9. The van der Waals surface area contributed by atoms with Crippen LogP contribution in [0.1, 0.15) is 56.5 Å². The summed E-state index contributed by atoms with van der Waals surface area (Å²) in [6.07, 6.45) is 3.46. The largest absolute Gasteiger partial charge is 0.490 e. The standard InChI is InChI=1S/C25H30BrCl2N3O4/c1-5-7-10-35-23-19(26)11-16(12-21(23)34-6-2)14-29-31-25(33)22(15(3)4)30-24(32)18-9-8-17(27)13-20(18)28/h8-9,11-15,22H,5-7,10H2,1-4H3,(H,30,32)(H,31,33)/b29-14-. The molecule has 0 aromatic heterocycles. The molecule has 0 aliphatic rings. The maximum absolute atomic E-state index is 12.8. The SMILES string of the molecule is CCCCOc1c(Br)cc(/C=N\NC(=O)C(NC(=O)c2ccc(Cl)cc2Cl)C(C)C)cc1OCC. The van der Waals surface area contributed by atoms with E-state index >= 15 is 0 Å². The zero-order valence-electron chi connectivity index (χ0n) is 20.2. The maximum atomic E-state index is 12.8. The number of carbonyl (C=O) groups is 2. The quantitative estimate of drug-likeness (QED) is 0.175. The predicted molar refractivity (Wildman–Crippen MR) is 144 cm³/mol. The number of amides is 2. The van der Waals surface area contributed by atoms with Crippen LogP contribution in [0, 0.1) is 5.92 Å². The van der Waals surface area contributed by atoms with Gasteiger partial charge in [-0.05, 0) is 71.1 Å². The van der Waals surface area contributed by atoms with Gasteiger partial charge >= 0.3 is 0 Å². The van der Waals surface area contributed by atoms with Crippen molar-refractivity contribution in [2.24, 2.45) is 11.0 Å². The van der Waals surface area contributed by atoms with Gasteiger partial charge in [-0.3, -0.25) is 9.59 Å². The summed E-state index contributed by atoms with van der Waals surface area (Å²) < 4.78 is 12.3. The van der Waals surface area contributed by atoms with Crippen LogP contribution in [-0.2, 0) is 4.79 Å². The molecular weight excluding hydrogens is 557 g/mol. The monoisotopic (exact) mass is 585 g/mol. The van der Waals surface area contributed by atoms with E-state index < -0.39 is 17.9 Å². The van der Waals surface area contributed by atoms with Crippen molar-refractivity contribution in [1.29, 1.82) is 0 Å². The van der Waals surface area contributed by atoms with Gasteiger partial charge in [-0.15, -0.1) is 0 Å². The summed E-state index contributed by atoms with van der Waals surface area (Å²) in [4.78, 5) is 25.4. The number of unbranched alkanes of at least 4 members (excludes halogenated alkanes) is 1. The summed E-state index contributed by atoms with van der Waals surface area (Å²) in [7, 11) is 0. The first-order valence-corrected chi connectivity index (χ1v) is 12.9. The molecule has 2 aromatic rings. The molecule has 190 valence electrons. The zero-order chi connectivity index (χ0) is 26.0. The molecule has 10 heteroatoms. The van der Waals surface area contributed by atoms with Crippen molar-refractivity contribution < 1.29 is 19.1 Å². The minimum atomic E-state index is -0.827. The lowest BCUT2D eigenvalue weighted by Gasteiger charge is -2.20. The fourth-order valence-electron chi connectivity index (χ4n) is 3.05. The smallest absolute Gasteiger partial charge is 0.262 e. The molecule has 0 bridgehead atoms. The number of nitrogens with one attached hydrogen (secondary N) is 2. The summed E-state index contributed by atoms with van der Waals surface area (Å²) in [6.45, 7) is 8.69. The van der Waals surface area contributed by atoms with Crippen LogP contribution in [0.25, 0.3) is 0 Å². The van der Waals surface area contributed by atoms with E-state index in [1.54, 1.807) is 12.1 Å². The lowest BCUT2D eigenvalue weighted by Crippen LogP contribution is -2.48.